The third-order valence-corrected chi connectivity index (χ3v) is 7.31. The first-order valence-electron chi connectivity index (χ1n) is 11.2. The number of hydrogen-bond donors (Lipinski definition) is 1. The summed E-state index contributed by atoms with van der Waals surface area (Å²) in [6, 6.07) is 4.64. The Morgan fingerprint density at radius 2 is 1.97 bits per heavy atom. The summed E-state index contributed by atoms with van der Waals surface area (Å²) in [6.07, 6.45) is 11.7. The zero-order chi connectivity index (χ0) is 20.6. The van der Waals surface area contributed by atoms with Crippen molar-refractivity contribution in [2.75, 3.05) is 38.2 Å². The number of piperidine rings is 2. The van der Waals surface area contributed by atoms with E-state index in [-0.39, 0.29) is 11.5 Å². The Hall–Kier alpha value is -2.18. The molecule has 2 aliphatic heterocycles. The van der Waals surface area contributed by atoms with Gasteiger partial charge in [-0.25, -0.2) is 4.98 Å². The van der Waals surface area contributed by atoms with Crippen LogP contribution in [0.3, 0.4) is 0 Å². The summed E-state index contributed by atoms with van der Waals surface area (Å²) in [4.78, 5) is 13.4. The molecule has 0 amide bonds. The van der Waals surface area contributed by atoms with Gasteiger partial charge in [0.1, 0.15) is 11.6 Å². The number of methoxy groups -OCH3 is 1. The van der Waals surface area contributed by atoms with Gasteiger partial charge in [-0.2, -0.15) is 0 Å². The van der Waals surface area contributed by atoms with Crippen molar-refractivity contribution >= 4 is 5.82 Å². The van der Waals surface area contributed by atoms with E-state index >= 15 is 0 Å². The van der Waals surface area contributed by atoms with Crippen LogP contribution in [0.5, 0.6) is 5.75 Å². The molecule has 1 aliphatic carbocycles. The van der Waals surface area contributed by atoms with E-state index in [1.807, 2.05) is 0 Å². The standard InChI is InChI=1S/C24H32N4O2/c1-30-22-12-19-4-2-3-18(19)11-20(22)15-27-9-5-24(6-10-27)13-21(29)16-28(17-24)23-14-25-7-8-26-23/h7-8,11-12,14,21,29H,2-6,9-10,13,15-17H2,1H3. The Balaban J connectivity index is 1.26. The van der Waals surface area contributed by atoms with Gasteiger partial charge >= 0.3 is 0 Å². The number of ether oxygens (including phenoxy) is 1. The van der Waals surface area contributed by atoms with Gasteiger partial charge in [0.05, 0.1) is 19.4 Å². The summed E-state index contributed by atoms with van der Waals surface area (Å²) >= 11 is 0. The molecule has 160 valence electrons. The number of aliphatic hydroxyl groups excluding tert-OH is 1. The van der Waals surface area contributed by atoms with Crippen molar-refractivity contribution in [3.05, 3.63) is 47.4 Å². The summed E-state index contributed by atoms with van der Waals surface area (Å²) < 4.78 is 5.72. The molecule has 5 rings (SSSR count). The lowest BCUT2D eigenvalue weighted by molar-refractivity contribution is 0.0242. The monoisotopic (exact) mass is 408 g/mol. The van der Waals surface area contributed by atoms with Gasteiger partial charge in [0.2, 0.25) is 0 Å². The van der Waals surface area contributed by atoms with Crippen LogP contribution in [0.1, 0.15) is 42.4 Å². The van der Waals surface area contributed by atoms with Crippen molar-refractivity contribution in [2.45, 2.75) is 51.2 Å². The predicted octanol–water partition coefficient (Wildman–Crippen LogP) is 2.83. The highest BCUT2D eigenvalue weighted by Gasteiger charge is 2.42. The van der Waals surface area contributed by atoms with Crippen LogP contribution < -0.4 is 9.64 Å². The zero-order valence-electron chi connectivity index (χ0n) is 17.9. The summed E-state index contributed by atoms with van der Waals surface area (Å²) in [5, 5.41) is 10.6. The van der Waals surface area contributed by atoms with Gasteiger partial charge in [0.15, 0.2) is 0 Å². The Kier molecular flexibility index (Phi) is 5.37. The van der Waals surface area contributed by atoms with E-state index in [0.29, 0.717) is 6.54 Å². The number of anilines is 1. The Bertz CT molecular complexity index is 880. The van der Waals surface area contributed by atoms with E-state index in [2.05, 4.69) is 31.9 Å². The molecule has 30 heavy (non-hydrogen) atoms. The molecule has 3 aliphatic rings. The Morgan fingerprint density at radius 3 is 2.70 bits per heavy atom. The number of nitrogens with zero attached hydrogens (tertiary/aromatic N) is 4. The van der Waals surface area contributed by atoms with E-state index < -0.39 is 0 Å². The number of aliphatic hydroxyl groups is 1. The minimum absolute atomic E-state index is 0.160. The first-order valence-corrected chi connectivity index (χ1v) is 11.2. The van der Waals surface area contributed by atoms with Crippen molar-refractivity contribution in [1.82, 2.24) is 14.9 Å². The van der Waals surface area contributed by atoms with Crippen LogP contribution >= 0.6 is 0 Å². The molecule has 1 aromatic heterocycles. The molecule has 0 bridgehead atoms. The summed E-state index contributed by atoms with van der Waals surface area (Å²) in [5.74, 6) is 1.92. The number of rotatable bonds is 4. The number of hydrogen-bond acceptors (Lipinski definition) is 6. The minimum Gasteiger partial charge on any atom is -0.496 e. The number of likely N-dealkylation sites (tertiary alicyclic amines) is 1. The molecule has 1 aromatic carbocycles. The molecule has 1 unspecified atom stereocenters. The molecule has 3 heterocycles. The SMILES string of the molecule is COc1cc2c(cc1CN1CCC3(CC1)CC(O)CN(c1cnccn1)C3)CCC2. The average Bonchev–Trinajstić information content (AvgIpc) is 3.22. The van der Waals surface area contributed by atoms with E-state index in [4.69, 9.17) is 4.74 Å². The van der Waals surface area contributed by atoms with Crippen LogP contribution in [0.15, 0.2) is 30.7 Å². The maximum Gasteiger partial charge on any atom is 0.147 e. The highest BCUT2D eigenvalue weighted by atomic mass is 16.5. The smallest absolute Gasteiger partial charge is 0.147 e. The fourth-order valence-corrected chi connectivity index (χ4v) is 5.74. The van der Waals surface area contributed by atoms with Gasteiger partial charge < -0.3 is 14.7 Å². The quantitative estimate of drug-likeness (QED) is 0.840. The normalized spacial score (nSPS) is 23.5. The first-order chi connectivity index (χ1) is 14.6. The van der Waals surface area contributed by atoms with E-state index in [1.165, 1.54) is 36.0 Å². The molecule has 2 fully saturated rings. The maximum atomic E-state index is 10.6. The van der Waals surface area contributed by atoms with Gasteiger partial charge in [-0.05, 0) is 74.2 Å². The molecule has 2 saturated heterocycles. The molecular formula is C24H32N4O2. The highest BCUT2D eigenvalue weighted by Crippen LogP contribution is 2.41. The van der Waals surface area contributed by atoms with Crippen molar-refractivity contribution in [2.24, 2.45) is 5.41 Å². The van der Waals surface area contributed by atoms with Crippen LogP contribution in [0, 0.1) is 5.41 Å². The highest BCUT2D eigenvalue weighted by molar-refractivity contribution is 5.45. The largest absolute Gasteiger partial charge is 0.496 e. The van der Waals surface area contributed by atoms with Crippen molar-refractivity contribution in [3.8, 4) is 5.75 Å². The number of β-amino-alcohol motifs (C(OH)–C–C–N with tert-alkyl or cyclic N) is 1. The van der Waals surface area contributed by atoms with Crippen LogP contribution in [0.25, 0.3) is 0 Å². The number of fused-ring (bicyclic) bond motifs is 1. The minimum atomic E-state index is -0.302. The molecule has 6 heteroatoms. The average molecular weight is 409 g/mol. The third kappa shape index (κ3) is 3.91. The topological polar surface area (TPSA) is 61.7 Å². The number of benzene rings is 1. The zero-order valence-corrected chi connectivity index (χ0v) is 17.9. The van der Waals surface area contributed by atoms with Gasteiger partial charge in [-0.1, -0.05) is 6.07 Å². The molecule has 2 aromatic rings. The summed E-state index contributed by atoms with van der Waals surface area (Å²) in [7, 11) is 1.79. The number of aromatic nitrogens is 2. The molecule has 0 radical (unpaired) electrons. The lowest BCUT2D eigenvalue weighted by Crippen LogP contribution is -2.54. The van der Waals surface area contributed by atoms with E-state index in [1.54, 1.807) is 25.7 Å². The van der Waals surface area contributed by atoms with Crippen molar-refractivity contribution in [3.63, 3.8) is 0 Å². The van der Waals surface area contributed by atoms with Crippen LogP contribution in [0.2, 0.25) is 0 Å². The van der Waals surface area contributed by atoms with E-state index in [0.717, 1.165) is 57.0 Å². The lowest BCUT2D eigenvalue weighted by Gasteiger charge is -2.49. The lowest BCUT2D eigenvalue weighted by atomic mass is 9.71. The second-order valence-corrected chi connectivity index (χ2v) is 9.36. The fourth-order valence-electron chi connectivity index (χ4n) is 5.74. The summed E-state index contributed by atoms with van der Waals surface area (Å²) in [6.45, 7) is 4.67. The Morgan fingerprint density at radius 1 is 1.17 bits per heavy atom. The molecule has 0 saturated carbocycles. The van der Waals surface area contributed by atoms with Gasteiger partial charge in [-0.3, -0.25) is 9.88 Å². The van der Waals surface area contributed by atoms with E-state index in [9.17, 15) is 5.11 Å². The molecule has 1 spiro atoms. The summed E-state index contributed by atoms with van der Waals surface area (Å²) in [5.41, 5.74) is 4.45. The molecule has 1 atom stereocenters. The van der Waals surface area contributed by atoms with Crippen molar-refractivity contribution in [1.29, 1.82) is 0 Å². The second kappa shape index (κ2) is 8.16. The Labute approximate surface area is 178 Å². The maximum absolute atomic E-state index is 10.6. The van der Waals surface area contributed by atoms with Crippen molar-refractivity contribution < 1.29 is 9.84 Å². The van der Waals surface area contributed by atoms with Gasteiger partial charge in [0.25, 0.3) is 0 Å². The molecule has 1 N–H and O–H groups in total. The van der Waals surface area contributed by atoms with Gasteiger partial charge in [-0.15, -0.1) is 0 Å². The predicted molar refractivity (Wildman–Crippen MR) is 117 cm³/mol. The van der Waals surface area contributed by atoms with Crippen LogP contribution in [-0.2, 0) is 19.4 Å². The second-order valence-electron chi connectivity index (χ2n) is 9.36. The fraction of sp³-hybridized carbons (Fsp3) is 0.583. The first kappa shape index (κ1) is 19.8. The third-order valence-electron chi connectivity index (χ3n) is 7.31. The molecule has 6 nitrogen and oxygen atoms in total. The number of aryl methyl sites for hydroxylation is 2. The van der Waals surface area contributed by atoms with Crippen LogP contribution in [-0.4, -0.2) is 59.4 Å². The van der Waals surface area contributed by atoms with Gasteiger partial charge in [0, 0.05) is 37.6 Å². The van der Waals surface area contributed by atoms with Crippen LogP contribution in [0.4, 0.5) is 5.82 Å². The molecular weight excluding hydrogens is 376 g/mol.